The molecule has 3 heterocycles. The Balaban J connectivity index is 1.54. The molecule has 2 N–H and O–H groups in total. The predicted octanol–water partition coefficient (Wildman–Crippen LogP) is 4.96. The lowest BCUT2D eigenvalue weighted by Crippen LogP contribution is -2.58. The number of para-hydroxylation sites is 1. The maximum Gasteiger partial charge on any atom is 0.337 e. The van der Waals surface area contributed by atoms with E-state index in [2.05, 4.69) is 41.4 Å². The Labute approximate surface area is 210 Å². The molecule has 184 valence electrons. The molecule has 36 heavy (non-hydrogen) atoms. The first-order valence-corrected chi connectivity index (χ1v) is 12.1. The van der Waals surface area contributed by atoms with E-state index in [-0.39, 0.29) is 22.6 Å². The number of nitrogens with one attached hydrogen (secondary N) is 1. The van der Waals surface area contributed by atoms with Crippen LogP contribution in [0.1, 0.15) is 52.5 Å². The van der Waals surface area contributed by atoms with Gasteiger partial charge in [0.1, 0.15) is 11.5 Å². The van der Waals surface area contributed by atoms with E-state index in [0.717, 1.165) is 24.2 Å². The lowest BCUT2D eigenvalue weighted by atomic mass is 9.75. The molecular weight excluding hydrogens is 452 g/mol. The summed E-state index contributed by atoms with van der Waals surface area (Å²) in [5, 5.41) is 12.9. The van der Waals surface area contributed by atoms with E-state index in [1.165, 1.54) is 5.56 Å². The number of carboxylic acid groups (broad SMARTS) is 1. The second-order valence-corrected chi connectivity index (χ2v) is 10.0. The van der Waals surface area contributed by atoms with Crippen LogP contribution in [0.5, 0.6) is 0 Å². The normalized spacial score (nSPS) is 15.4. The van der Waals surface area contributed by atoms with E-state index in [1.807, 2.05) is 39.1 Å². The zero-order chi connectivity index (χ0) is 25.6. The minimum atomic E-state index is -0.995. The molecule has 7 nitrogen and oxygen atoms in total. The second-order valence-electron chi connectivity index (χ2n) is 10.0. The summed E-state index contributed by atoms with van der Waals surface area (Å²) >= 11 is 0. The first-order valence-electron chi connectivity index (χ1n) is 12.1. The number of aromatic carboxylic acids is 1. The van der Waals surface area contributed by atoms with Gasteiger partial charge in [0.25, 0.3) is 5.56 Å². The van der Waals surface area contributed by atoms with Crippen molar-refractivity contribution < 1.29 is 9.90 Å². The molecule has 0 radical (unpaired) electrons. The minimum absolute atomic E-state index is 0.00598. The van der Waals surface area contributed by atoms with Gasteiger partial charge in [-0.3, -0.25) is 9.20 Å². The van der Waals surface area contributed by atoms with E-state index in [9.17, 15) is 14.7 Å². The van der Waals surface area contributed by atoms with E-state index < -0.39 is 5.97 Å². The number of hydrogen-bond acceptors (Lipinski definition) is 5. The Morgan fingerprint density at radius 3 is 2.44 bits per heavy atom. The molecule has 5 rings (SSSR count). The van der Waals surface area contributed by atoms with Gasteiger partial charge in [-0.1, -0.05) is 49.4 Å². The average Bonchev–Trinajstić information content (AvgIpc) is 2.85. The SMILES string of the molecule is Cc1cc([C@@H](C)Nc2ccccc2C(=O)O)c2nc(N3CC(C)(c4ccccc4)C3)c(C)c(=O)n2c1. The monoisotopic (exact) mass is 482 g/mol. The summed E-state index contributed by atoms with van der Waals surface area (Å²) in [5.74, 6) is -0.289. The molecule has 0 bridgehead atoms. The minimum Gasteiger partial charge on any atom is -0.478 e. The summed E-state index contributed by atoms with van der Waals surface area (Å²) in [6.07, 6.45) is 1.81. The molecular formula is C29H30N4O3. The van der Waals surface area contributed by atoms with Crippen LogP contribution in [0, 0.1) is 13.8 Å². The van der Waals surface area contributed by atoms with Crippen LogP contribution in [-0.4, -0.2) is 33.6 Å². The molecule has 7 heteroatoms. The molecule has 0 aliphatic carbocycles. The molecule has 1 aliphatic heterocycles. The molecule has 0 amide bonds. The molecule has 2 aromatic carbocycles. The van der Waals surface area contributed by atoms with Crippen LogP contribution in [0.3, 0.4) is 0 Å². The van der Waals surface area contributed by atoms with Crippen molar-refractivity contribution in [2.75, 3.05) is 23.3 Å². The van der Waals surface area contributed by atoms with E-state index in [4.69, 9.17) is 4.98 Å². The van der Waals surface area contributed by atoms with Crippen molar-refractivity contribution in [2.24, 2.45) is 0 Å². The average molecular weight is 483 g/mol. The first-order chi connectivity index (χ1) is 17.2. The highest BCUT2D eigenvalue weighted by molar-refractivity contribution is 5.94. The van der Waals surface area contributed by atoms with E-state index in [0.29, 0.717) is 22.7 Å². The Morgan fingerprint density at radius 2 is 1.75 bits per heavy atom. The quantitative estimate of drug-likeness (QED) is 0.404. The van der Waals surface area contributed by atoms with Crippen LogP contribution in [0.2, 0.25) is 0 Å². The summed E-state index contributed by atoms with van der Waals surface area (Å²) in [4.78, 5) is 32.3. The largest absolute Gasteiger partial charge is 0.478 e. The Bertz CT molecular complexity index is 1520. The smallest absolute Gasteiger partial charge is 0.337 e. The molecule has 1 saturated heterocycles. The fourth-order valence-electron chi connectivity index (χ4n) is 5.19. The summed E-state index contributed by atoms with van der Waals surface area (Å²) in [6, 6.07) is 19.0. The number of carboxylic acids is 1. The zero-order valence-corrected chi connectivity index (χ0v) is 20.9. The highest BCUT2D eigenvalue weighted by atomic mass is 16.4. The van der Waals surface area contributed by atoms with Crippen LogP contribution in [0.25, 0.3) is 5.65 Å². The fraction of sp³-hybridized carbons (Fsp3) is 0.276. The number of aromatic nitrogens is 2. The van der Waals surface area contributed by atoms with Gasteiger partial charge in [-0.2, -0.15) is 0 Å². The molecule has 0 saturated carbocycles. The highest BCUT2D eigenvalue weighted by Crippen LogP contribution is 2.37. The van der Waals surface area contributed by atoms with Gasteiger partial charge in [0.05, 0.1) is 17.2 Å². The number of hydrogen-bond donors (Lipinski definition) is 2. The van der Waals surface area contributed by atoms with Crippen molar-refractivity contribution in [2.45, 2.75) is 39.2 Å². The number of anilines is 2. The summed E-state index contributed by atoms with van der Waals surface area (Å²) in [5.41, 5.74) is 4.87. The van der Waals surface area contributed by atoms with Gasteiger partial charge in [-0.25, -0.2) is 9.78 Å². The second kappa shape index (κ2) is 8.82. The van der Waals surface area contributed by atoms with Gasteiger partial charge in [-0.05, 0) is 50.1 Å². The third kappa shape index (κ3) is 4.00. The summed E-state index contributed by atoms with van der Waals surface area (Å²) < 4.78 is 1.61. The van der Waals surface area contributed by atoms with E-state index >= 15 is 0 Å². The molecule has 0 spiro atoms. The third-order valence-corrected chi connectivity index (χ3v) is 7.14. The number of rotatable bonds is 6. The third-order valence-electron chi connectivity index (χ3n) is 7.14. The number of aryl methyl sites for hydroxylation is 1. The Hall–Kier alpha value is -4.13. The highest BCUT2D eigenvalue weighted by Gasteiger charge is 2.41. The fourth-order valence-corrected chi connectivity index (χ4v) is 5.19. The maximum absolute atomic E-state index is 13.5. The molecule has 1 atom stereocenters. The van der Waals surface area contributed by atoms with Gasteiger partial charge >= 0.3 is 5.97 Å². The number of benzene rings is 2. The van der Waals surface area contributed by atoms with Crippen LogP contribution < -0.4 is 15.8 Å². The molecule has 0 unspecified atom stereocenters. The first kappa shape index (κ1) is 23.6. The van der Waals surface area contributed by atoms with Crippen molar-refractivity contribution in [1.82, 2.24) is 9.38 Å². The number of carbonyl (C=O) groups is 1. The molecule has 2 aromatic heterocycles. The topological polar surface area (TPSA) is 86.9 Å². The zero-order valence-electron chi connectivity index (χ0n) is 20.9. The van der Waals surface area contributed by atoms with E-state index in [1.54, 1.807) is 28.7 Å². The number of pyridine rings is 1. The van der Waals surface area contributed by atoms with Crippen molar-refractivity contribution in [3.63, 3.8) is 0 Å². The molecule has 4 aromatic rings. The molecule has 1 fully saturated rings. The Morgan fingerprint density at radius 1 is 1.08 bits per heavy atom. The van der Waals surface area contributed by atoms with Crippen molar-refractivity contribution in [1.29, 1.82) is 0 Å². The van der Waals surface area contributed by atoms with Crippen molar-refractivity contribution in [3.05, 3.63) is 105 Å². The number of fused-ring (bicyclic) bond motifs is 1. The maximum atomic E-state index is 13.5. The van der Waals surface area contributed by atoms with Crippen LogP contribution in [0.4, 0.5) is 11.5 Å². The Kier molecular flexibility index (Phi) is 5.79. The lowest BCUT2D eigenvalue weighted by Gasteiger charge is -2.49. The standard InChI is InChI=1S/C29H30N4O3/c1-18-14-23(20(3)30-24-13-9-8-12-22(24)28(35)36)26-31-25(19(2)27(34)33(26)15-18)32-16-29(4,17-32)21-10-6-5-7-11-21/h5-15,20,30H,16-17H2,1-4H3,(H,35,36)/t20-/m1/s1. The molecule has 1 aliphatic rings. The summed E-state index contributed by atoms with van der Waals surface area (Å²) in [7, 11) is 0. The van der Waals surface area contributed by atoms with Gasteiger partial charge in [0.2, 0.25) is 0 Å². The number of nitrogens with zero attached hydrogens (tertiary/aromatic N) is 3. The lowest BCUT2D eigenvalue weighted by molar-refractivity contribution is 0.0698. The van der Waals surface area contributed by atoms with Crippen LogP contribution >= 0.6 is 0 Å². The summed E-state index contributed by atoms with van der Waals surface area (Å²) in [6.45, 7) is 9.53. The van der Waals surface area contributed by atoms with Crippen LogP contribution in [-0.2, 0) is 5.41 Å². The van der Waals surface area contributed by atoms with Gasteiger partial charge < -0.3 is 15.3 Å². The van der Waals surface area contributed by atoms with Crippen LogP contribution in [0.15, 0.2) is 71.7 Å². The van der Waals surface area contributed by atoms with Crippen molar-refractivity contribution in [3.8, 4) is 0 Å². The van der Waals surface area contributed by atoms with Gasteiger partial charge in [-0.15, -0.1) is 0 Å². The predicted molar refractivity (Wildman–Crippen MR) is 142 cm³/mol. The van der Waals surface area contributed by atoms with Gasteiger partial charge in [0, 0.05) is 36.0 Å². The van der Waals surface area contributed by atoms with Crippen molar-refractivity contribution >= 4 is 23.1 Å². The van der Waals surface area contributed by atoms with Gasteiger partial charge in [0.15, 0.2) is 0 Å².